The van der Waals surface area contributed by atoms with Crippen molar-refractivity contribution in [3.8, 4) is 0 Å². The van der Waals surface area contributed by atoms with E-state index in [2.05, 4.69) is 10.0 Å². The molecule has 0 aliphatic carbocycles. The molecule has 3 aromatic rings. The summed E-state index contributed by atoms with van der Waals surface area (Å²) in [6.45, 7) is 7.50. The Labute approximate surface area is 200 Å². The van der Waals surface area contributed by atoms with E-state index in [9.17, 15) is 18.0 Å². The molecule has 0 saturated carbocycles. The fourth-order valence-electron chi connectivity index (χ4n) is 3.43. The zero-order valence-electron chi connectivity index (χ0n) is 20.0. The summed E-state index contributed by atoms with van der Waals surface area (Å²) >= 11 is 0. The lowest BCUT2D eigenvalue weighted by Gasteiger charge is -2.18. The Hall–Kier alpha value is -3.65. The Bertz CT molecular complexity index is 1330. The van der Waals surface area contributed by atoms with E-state index in [4.69, 9.17) is 0 Å². The second-order valence-corrected chi connectivity index (χ2v) is 10.0. The number of rotatable bonds is 7. The standard InChI is InChI=1S/C26H29N3O4S/c1-17-8-6-10-23(19(17)3)27-25(30)16-29(5)26(31)21-12-14-22(15-13-21)34(32,33)28-24-11-7-9-18(2)20(24)4/h6-15,28H,16H2,1-5H3,(H,27,30). The third-order valence-electron chi connectivity index (χ3n) is 5.87. The van der Waals surface area contributed by atoms with Crippen LogP contribution < -0.4 is 10.0 Å². The lowest BCUT2D eigenvalue weighted by atomic mass is 10.1. The molecule has 0 unspecified atom stereocenters. The van der Waals surface area contributed by atoms with Gasteiger partial charge in [0.15, 0.2) is 0 Å². The molecule has 0 aliphatic rings. The molecule has 34 heavy (non-hydrogen) atoms. The van der Waals surface area contributed by atoms with E-state index in [1.807, 2.05) is 52.0 Å². The van der Waals surface area contributed by atoms with Gasteiger partial charge in [-0.2, -0.15) is 0 Å². The summed E-state index contributed by atoms with van der Waals surface area (Å²) in [6, 6.07) is 16.7. The number of aryl methyl sites for hydroxylation is 2. The van der Waals surface area contributed by atoms with Crippen LogP contribution in [0.15, 0.2) is 65.6 Å². The second-order valence-electron chi connectivity index (χ2n) is 8.33. The van der Waals surface area contributed by atoms with Gasteiger partial charge in [-0.15, -0.1) is 0 Å². The first-order chi connectivity index (χ1) is 16.0. The maximum absolute atomic E-state index is 12.8. The minimum absolute atomic E-state index is 0.0419. The SMILES string of the molecule is Cc1cccc(NC(=O)CN(C)C(=O)c2ccc(S(=O)(=O)Nc3cccc(C)c3C)cc2)c1C. The zero-order valence-corrected chi connectivity index (χ0v) is 20.8. The number of carbonyl (C=O) groups excluding carboxylic acids is 2. The number of amides is 2. The highest BCUT2D eigenvalue weighted by Crippen LogP contribution is 2.22. The van der Waals surface area contributed by atoms with Gasteiger partial charge in [-0.1, -0.05) is 24.3 Å². The number of nitrogens with zero attached hydrogens (tertiary/aromatic N) is 1. The number of anilines is 2. The molecule has 2 N–H and O–H groups in total. The number of hydrogen-bond donors (Lipinski definition) is 2. The molecular formula is C26H29N3O4S. The normalized spacial score (nSPS) is 11.1. The van der Waals surface area contributed by atoms with Gasteiger partial charge in [-0.25, -0.2) is 8.42 Å². The van der Waals surface area contributed by atoms with Crippen LogP contribution in [0.1, 0.15) is 32.6 Å². The molecule has 178 valence electrons. The van der Waals surface area contributed by atoms with Crippen molar-refractivity contribution in [2.24, 2.45) is 0 Å². The van der Waals surface area contributed by atoms with Crippen LogP contribution in [-0.2, 0) is 14.8 Å². The van der Waals surface area contributed by atoms with Crippen LogP contribution in [0.2, 0.25) is 0 Å². The summed E-state index contributed by atoms with van der Waals surface area (Å²) in [4.78, 5) is 26.5. The van der Waals surface area contributed by atoms with Crippen LogP contribution in [-0.4, -0.2) is 38.7 Å². The van der Waals surface area contributed by atoms with Gasteiger partial charge in [-0.05, 0) is 86.3 Å². The summed E-state index contributed by atoms with van der Waals surface area (Å²) < 4.78 is 28.2. The largest absolute Gasteiger partial charge is 0.332 e. The smallest absolute Gasteiger partial charge is 0.261 e. The van der Waals surface area contributed by atoms with E-state index in [0.717, 1.165) is 22.3 Å². The zero-order chi connectivity index (χ0) is 25.0. The maximum atomic E-state index is 12.8. The van der Waals surface area contributed by atoms with Crippen molar-refractivity contribution in [2.45, 2.75) is 32.6 Å². The molecule has 0 radical (unpaired) electrons. The van der Waals surface area contributed by atoms with Crippen LogP contribution in [0.25, 0.3) is 0 Å². The van der Waals surface area contributed by atoms with Crippen molar-refractivity contribution in [3.05, 3.63) is 88.5 Å². The number of likely N-dealkylation sites (N-methyl/N-ethyl adjacent to an activating group) is 1. The minimum atomic E-state index is -3.82. The van der Waals surface area contributed by atoms with Crippen molar-refractivity contribution in [1.82, 2.24) is 4.90 Å². The van der Waals surface area contributed by atoms with Crippen molar-refractivity contribution < 1.29 is 18.0 Å². The number of nitrogens with one attached hydrogen (secondary N) is 2. The van der Waals surface area contributed by atoms with Crippen molar-refractivity contribution in [3.63, 3.8) is 0 Å². The highest BCUT2D eigenvalue weighted by molar-refractivity contribution is 7.92. The van der Waals surface area contributed by atoms with Crippen molar-refractivity contribution in [2.75, 3.05) is 23.6 Å². The van der Waals surface area contributed by atoms with E-state index in [-0.39, 0.29) is 28.8 Å². The average molecular weight is 480 g/mol. The van der Waals surface area contributed by atoms with Gasteiger partial charge in [-0.3, -0.25) is 14.3 Å². The van der Waals surface area contributed by atoms with Gasteiger partial charge in [0, 0.05) is 18.3 Å². The van der Waals surface area contributed by atoms with Crippen LogP contribution in [0.3, 0.4) is 0 Å². The molecule has 0 aromatic heterocycles. The predicted molar refractivity (Wildman–Crippen MR) is 135 cm³/mol. The third-order valence-corrected chi connectivity index (χ3v) is 7.25. The second kappa shape index (κ2) is 10.1. The van der Waals surface area contributed by atoms with Crippen LogP contribution >= 0.6 is 0 Å². The quantitative estimate of drug-likeness (QED) is 0.524. The molecule has 0 aliphatic heterocycles. The molecule has 0 bridgehead atoms. The highest BCUT2D eigenvalue weighted by Gasteiger charge is 2.19. The van der Waals surface area contributed by atoms with Gasteiger partial charge in [0.25, 0.3) is 15.9 Å². The van der Waals surface area contributed by atoms with Gasteiger partial charge in [0.1, 0.15) is 0 Å². The number of hydrogen-bond acceptors (Lipinski definition) is 4. The Morgan fingerprint density at radius 2 is 1.32 bits per heavy atom. The Morgan fingerprint density at radius 3 is 1.91 bits per heavy atom. The molecule has 3 rings (SSSR count). The summed E-state index contributed by atoms with van der Waals surface area (Å²) in [5.41, 5.74) is 5.35. The fraction of sp³-hybridized carbons (Fsp3) is 0.231. The molecule has 8 heteroatoms. The number of benzene rings is 3. The van der Waals surface area contributed by atoms with E-state index < -0.39 is 10.0 Å². The van der Waals surface area contributed by atoms with Crippen molar-refractivity contribution in [1.29, 1.82) is 0 Å². The summed E-state index contributed by atoms with van der Waals surface area (Å²) in [5, 5.41) is 2.83. The lowest BCUT2D eigenvalue weighted by Crippen LogP contribution is -2.35. The van der Waals surface area contributed by atoms with Crippen LogP contribution in [0.4, 0.5) is 11.4 Å². The molecule has 0 heterocycles. The van der Waals surface area contributed by atoms with E-state index in [1.165, 1.54) is 36.2 Å². The molecule has 3 aromatic carbocycles. The summed E-state index contributed by atoms with van der Waals surface area (Å²) in [5.74, 6) is -0.705. The Balaban J connectivity index is 1.67. The molecule has 7 nitrogen and oxygen atoms in total. The Morgan fingerprint density at radius 1 is 0.794 bits per heavy atom. The first kappa shape index (κ1) is 25.0. The Kier molecular flexibility index (Phi) is 7.41. The summed E-state index contributed by atoms with van der Waals surface area (Å²) in [6.07, 6.45) is 0. The monoisotopic (exact) mass is 479 g/mol. The molecule has 2 amide bonds. The average Bonchev–Trinajstić information content (AvgIpc) is 2.79. The molecule has 0 fully saturated rings. The molecule has 0 saturated heterocycles. The van der Waals surface area contributed by atoms with Gasteiger partial charge in [0.2, 0.25) is 5.91 Å². The van der Waals surface area contributed by atoms with Crippen molar-refractivity contribution >= 4 is 33.2 Å². The minimum Gasteiger partial charge on any atom is -0.332 e. The van der Waals surface area contributed by atoms with Crippen LogP contribution in [0, 0.1) is 27.7 Å². The third kappa shape index (κ3) is 5.63. The van der Waals surface area contributed by atoms with Gasteiger partial charge >= 0.3 is 0 Å². The molecule has 0 atom stereocenters. The topological polar surface area (TPSA) is 95.6 Å². The predicted octanol–water partition coefficient (Wildman–Crippen LogP) is 4.43. The highest BCUT2D eigenvalue weighted by atomic mass is 32.2. The number of sulfonamides is 1. The number of carbonyl (C=O) groups is 2. The van der Waals surface area contributed by atoms with Gasteiger partial charge in [0.05, 0.1) is 17.1 Å². The van der Waals surface area contributed by atoms with Crippen LogP contribution in [0.5, 0.6) is 0 Å². The first-order valence-corrected chi connectivity index (χ1v) is 12.3. The van der Waals surface area contributed by atoms with E-state index in [1.54, 1.807) is 12.1 Å². The fourth-order valence-corrected chi connectivity index (χ4v) is 4.55. The van der Waals surface area contributed by atoms with E-state index >= 15 is 0 Å². The maximum Gasteiger partial charge on any atom is 0.261 e. The molecule has 0 spiro atoms. The lowest BCUT2D eigenvalue weighted by molar-refractivity contribution is -0.116. The van der Waals surface area contributed by atoms with Gasteiger partial charge < -0.3 is 10.2 Å². The molecular weight excluding hydrogens is 450 g/mol. The first-order valence-electron chi connectivity index (χ1n) is 10.8. The van der Waals surface area contributed by atoms with E-state index in [0.29, 0.717) is 11.4 Å². The summed E-state index contributed by atoms with van der Waals surface area (Å²) in [7, 11) is -2.29.